The molecule has 1 aromatic carbocycles. The molecule has 25 heavy (non-hydrogen) atoms. The molecule has 3 rings (SSSR count). The van der Waals surface area contributed by atoms with Crippen LogP contribution in [0.25, 0.3) is 0 Å². The summed E-state index contributed by atoms with van der Waals surface area (Å²) in [6.07, 6.45) is 4.72. The lowest BCUT2D eigenvalue weighted by atomic mass is 9.87. The van der Waals surface area contributed by atoms with Crippen LogP contribution < -0.4 is 5.32 Å². The highest BCUT2D eigenvalue weighted by Gasteiger charge is 2.31. The monoisotopic (exact) mass is 337 g/mol. The Morgan fingerprint density at radius 2 is 2.16 bits per heavy atom. The van der Waals surface area contributed by atoms with Gasteiger partial charge < -0.3 is 10.2 Å². The van der Waals surface area contributed by atoms with Crippen molar-refractivity contribution in [2.24, 2.45) is 0 Å². The minimum absolute atomic E-state index is 0.0498. The summed E-state index contributed by atoms with van der Waals surface area (Å²) < 4.78 is 0. The molecule has 1 aromatic heterocycles. The third-order valence-electron chi connectivity index (χ3n) is 4.56. The molecule has 1 unspecified atom stereocenters. The van der Waals surface area contributed by atoms with Crippen LogP contribution in [0.3, 0.4) is 0 Å². The summed E-state index contributed by atoms with van der Waals surface area (Å²) in [6, 6.07) is 10.2. The Bertz CT molecular complexity index is 774. The third kappa shape index (κ3) is 3.87. The number of nitrogens with zero attached hydrogens (tertiary/aromatic N) is 2. The number of amides is 2. The van der Waals surface area contributed by atoms with E-state index >= 15 is 0 Å². The van der Waals surface area contributed by atoms with E-state index in [1.807, 2.05) is 23.2 Å². The third-order valence-corrected chi connectivity index (χ3v) is 4.56. The number of aryl methyl sites for hydroxylation is 1. The number of pyridine rings is 1. The average molecular weight is 337 g/mol. The van der Waals surface area contributed by atoms with Crippen LogP contribution in [0, 0.1) is 6.92 Å². The van der Waals surface area contributed by atoms with Gasteiger partial charge in [0.05, 0.1) is 6.04 Å². The predicted molar refractivity (Wildman–Crippen MR) is 96.0 cm³/mol. The quantitative estimate of drug-likeness (QED) is 0.932. The van der Waals surface area contributed by atoms with Crippen molar-refractivity contribution in [2.45, 2.75) is 32.7 Å². The van der Waals surface area contributed by atoms with E-state index in [1.54, 1.807) is 6.20 Å². The molecule has 0 fully saturated rings. The van der Waals surface area contributed by atoms with Gasteiger partial charge in [-0.25, -0.2) is 0 Å². The van der Waals surface area contributed by atoms with Crippen LogP contribution in [0.15, 0.2) is 42.7 Å². The molecule has 0 spiro atoms. The van der Waals surface area contributed by atoms with E-state index in [0.717, 1.165) is 17.5 Å². The molecule has 1 aliphatic heterocycles. The number of rotatable bonds is 4. The van der Waals surface area contributed by atoms with Crippen molar-refractivity contribution in [2.75, 3.05) is 13.1 Å². The van der Waals surface area contributed by atoms with Crippen LogP contribution in [0.1, 0.15) is 41.6 Å². The average Bonchev–Trinajstić information content (AvgIpc) is 2.60. The van der Waals surface area contributed by atoms with Gasteiger partial charge in [-0.2, -0.15) is 0 Å². The molecule has 0 radical (unpaired) electrons. The summed E-state index contributed by atoms with van der Waals surface area (Å²) in [5.41, 5.74) is 4.70. The number of nitrogens with one attached hydrogen (secondary N) is 1. The van der Waals surface area contributed by atoms with Crippen molar-refractivity contribution >= 4 is 11.8 Å². The van der Waals surface area contributed by atoms with Crippen molar-refractivity contribution in [3.8, 4) is 0 Å². The zero-order valence-corrected chi connectivity index (χ0v) is 14.7. The summed E-state index contributed by atoms with van der Waals surface area (Å²) in [6.45, 7) is 4.59. The lowest BCUT2D eigenvalue weighted by molar-refractivity contribution is -0.133. The topological polar surface area (TPSA) is 62.3 Å². The van der Waals surface area contributed by atoms with Gasteiger partial charge in [0.15, 0.2) is 0 Å². The number of hydrogen-bond acceptors (Lipinski definition) is 3. The van der Waals surface area contributed by atoms with Crippen molar-refractivity contribution in [3.63, 3.8) is 0 Å². The van der Waals surface area contributed by atoms with Gasteiger partial charge in [0.1, 0.15) is 0 Å². The maximum Gasteiger partial charge on any atom is 0.225 e. The van der Waals surface area contributed by atoms with Crippen LogP contribution in [0.5, 0.6) is 0 Å². The number of hydrogen-bond donors (Lipinski definition) is 1. The molecule has 2 aromatic rings. The molecule has 1 N–H and O–H groups in total. The molecule has 2 heterocycles. The van der Waals surface area contributed by atoms with Gasteiger partial charge in [0.25, 0.3) is 0 Å². The predicted octanol–water partition coefficient (Wildman–Crippen LogP) is 2.39. The van der Waals surface area contributed by atoms with Gasteiger partial charge in [-0.05, 0) is 36.1 Å². The smallest absolute Gasteiger partial charge is 0.225 e. The highest BCUT2D eigenvalue weighted by Crippen LogP contribution is 2.35. The van der Waals surface area contributed by atoms with E-state index in [4.69, 9.17) is 0 Å². The number of benzene rings is 1. The van der Waals surface area contributed by atoms with Gasteiger partial charge in [-0.3, -0.25) is 14.6 Å². The molecule has 2 amide bonds. The van der Waals surface area contributed by atoms with Crippen LogP contribution in [-0.2, 0) is 16.0 Å². The van der Waals surface area contributed by atoms with Gasteiger partial charge in [-0.15, -0.1) is 0 Å². The molecule has 1 atom stereocenters. The van der Waals surface area contributed by atoms with Crippen molar-refractivity contribution < 1.29 is 9.59 Å². The van der Waals surface area contributed by atoms with Crippen LogP contribution in [0.4, 0.5) is 0 Å². The van der Waals surface area contributed by atoms with Crippen LogP contribution >= 0.6 is 0 Å². The Morgan fingerprint density at radius 3 is 2.88 bits per heavy atom. The normalized spacial score (nSPS) is 16.2. The van der Waals surface area contributed by atoms with E-state index < -0.39 is 0 Å². The molecular formula is C20H23N3O2. The van der Waals surface area contributed by atoms with Crippen molar-refractivity contribution in [1.29, 1.82) is 0 Å². The van der Waals surface area contributed by atoms with Gasteiger partial charge in [0, 0.05) is 38.8 Å². The Labute approximate surface area is 148 Å². The molecular weight excluding hydrogens is 314 g/mol. The lowest BCUT2D eigenvalue weighted by Gasteiger charge is -2.38. The number of fused-ring (bicyclic) bond motifs is 1. The summed E-state index contributed by atoms with van der Waals surface area (Å²) in [5, 5.41) is 2.70. The maximum absolute atomic E-state index is 12.8. The summed E-state index contributed by atoms with van der Waals surface area (Å²) in [5.74, 6) is -0.0649. The first-order chi connectivity index (χ1) is 12.1. The van der Waals surface area contributed by atoms with Gasteiger partial charge >= 0.3 is 0 Å². The first-order valence-corrected chi connectivity index (χ1v) is 8.59. The first-order valence-electron chi connectivity index (χ1n) is 8.59. The number of carbonyl (C=O) groups excluding carboxylic acids is 2. The second-order valence-electron chi connectivity index (χ2n) is 6.46. The largest absolute Gasteiger partial charge is 0.356 e. The Kier molecular flexibility index (Phi) is 5.12. The Morgan fingerprint density at radius 1 is 1.32 bits per heavy atom. The maximum atomic E-state index is 12.8. The Hall–Kier alpha value is -2.69. The second kappa shape index (κ2) is 7.47. The van der Waals surface area contributed by atoms with E-state index in [-0.39, 0.29) is 17.9 Å². The zero-order chi connectivity index (χ0) is 17.8. The van der Waals surface area contributed by atoms with Gasteiger partial charge in [-0.1, -0.05) is 29.8 Å². The SMILES string of the molecule is CC(=O)NCCC(=O)N1CCc2cc(C)ccc2C1c1cccnc1. The van der Waals surface area contributed by atoms with Crippen molar-refractivity contribution in [3.05, 3.63) is 65.0 Å². The summed E-state index contributed by atoms with van der Waals surface area (Å²) in [7, 11) is 0. The molecule has 0 aliphatic carbocycles. The summed E-state index contributed by atoms with van der Waals surface area (Å²) >= 11 is 0. The minimum atomic E-state index is -0.122. The second-order valence-corrected chi connectivity index (χ2v) is 6.46. The number of carbonyl (C=O) groups is 2. The fraction of sp³-hybridized carbons (Fsp3) is 0.350. The molecule has 5 nitrogen and oxygen atoms in total. The van der Waals surface area contributed by atoms with E-state index in [0.29, 0.717) is 19.5 Å². The van der Waals surface area contributed by atoms with E-state index in [1.165, 1.54) is 18.1 Å². The van der Waals surface area contributed by atoms with E-state index in [2.05, 4.69) is 35.4 Å². The Balaban J connectivity index is 1.91. The van der Waals surface area contributed by atoms with Gasteiger partial charge in [0.2, 0.25) is 11.8 Å². The van der Waals surface area contributed by atoms with Crippen molar-refractivity contribution in [1.82, 2.24) is 15.2 Å². The highest BCUT2D eigenvalue weighted by atomic mass is 16.2. The zero-order valence-electron chi connectivity index (χ0n) is 14.7. The molecule has 1 aliphatic rings. The lowest BCUT2D eigenvalue weighted by Crippen LogP contribution is -2.41. The molecule has 130 valence electrons. The minimum Gasteiger partial charge on any atom is -0.356 e. The standard InChI is InChI=1S/C20H23N3O2/c1-14-5-6-18-16(12-14)8-11-23(19(25)7-10-22-15(2)24)20(18)17-4-3-9-21-13-17/h3-6,9,12-13,20H,7-8,10-11H2,1-2H3,(H,22,24). The van der Waals surface area contributed by atoms with E-state index in [9.17, 15) is 9.59 Å². The highest BCUT2D eigenvalue weighted by molar-refractivity contribution is 5.79. The molecule has 0 saturated heterocycles. The van der Waals surface area contributed by atoms with Crippen LogP contribution in [0.2, 0.25) is 0 Å². The van der Waals surface area contributed by atoms with Crippen LogP contribution in [-0.4, -0.2) is 34.8 Å². The fourth-order valence-corrected chi connectivity index (χ4v) is 3.41. The molecule has 5 heteroatoms. The molecule has 0 bridgehead atoms. The molecule has 0 saturated carbocycles. The fourth-order valence-electron chi connectivity index (χ4n) is 3.41. The summed E-state index contributed by atoms with van der Waals surface area (Å²) in [4.78, 5) is 30.0. The first kappa shape index (κ1) is 17.1. The number of aromatic nitrogens is 1.